The molecule has 2 heterocycles. The molecule has 1 aromatic carbocycles. The molecular weight excluding hydrogens is 388 g/mol. The number of carbonyl (C=O) groups excluding carboxylic acids is 1. The largest absolute Gasteiger partial charge is 0.352 e. The monoisotopic (exact) mass is 422 g/mol. The van der Waals surface area contributed by atoms with Gasteiger partial charge in [-0.1, -0.05) is 6.07 Å². The molecule has 29 heavy (non-hydrogen) atoms. The average Bonchev–Trinajstić information content (AvgIpc) is 3.27. The number of nitrogens with one attached hydrogen (secondary N) is 1. The normalized spacial score (nSPS) is 19.7. The molecule has 1 aromatic rings. The molecule has 0 spiro atoms. The zero-order valence-corrected chi connectivity index (χ0v) is 18.5. The number of piperidine rings is 1. The number of amides is 1. The summed E-state index contributed by atoms with van der Waals surface area (Å²) in [5, 5.41) is 3.01. The molecule has 2 aliphatic rings. The summed E-state index contributed by atoms with van der Waals surface area (Å²) >= 11 is 0. The number of rotatable bonds is 8. The van der Waals surface area contributed by atoms with E-state index >= 15 is 0 Å². The Balaban J connectivity index is 1.50. The van der Waals surface area contributed by atoms with Crippen molar-refractivity contribution < 1.29 is 13.2 Å². The molecule has 7 nitrogen and oxygen atoms in total. The van der Waals surface area contributed by atoms with Gasteiger partial charge in [0, 0.05) is 38.3 Å². The second-order valence-electron chi connectivity index (χ2n) is 8.44. The third-order valence-electron chi connectivity index (χ3n) is 5.92. The highest BCUT2D eigenvalue weighted by atomic mass is 32.2. The number of carbonyl (C=O) groups is 1. The Kier molecular flexibility index (Phi) is 7.67. The molecule has 0 atom stereocenters. The van der Waals surface area contributed by atoms with Crippen LogP contribution in [-0.2, 0) is 10.0 Å². The van der Waals surface area contributed by atoms with Crippen molar-refractivity contribution in [3.8, 4) is 0 Å². The zero-order valence-electron chi connectivity index (χ0n) is 17.6. The second kappa shape index (κ2) is 10.0. The van der Waals surface area contributed by atoms with E-state index in [0.29, 0.717) is 31.1 Å². The highest BCUT2D eigenvalue weighted by Gasteiger charge is 2.27. The lowest BCUT2D eigenvalue weighted by Crippen LogP contribution is -2.41. The van der Waals surface area contributed by atoms with Crippen LogP contribution in [0.3, 0.4) is 0 Å². The van der Waals surface area contributed by atoms with Crippen LogP contribution in [0.15, 0.2) is 29.2 Å². The molecule has 1 N–H and O–H groups in total. The van der Waals surface area contributed by atoms with Crippen LogP contribution in [0.1, 0.15) is 36.0 Å². The van der Waals surface area contributed by atoms with Crippen LogP contribution in [0.2, 0.25) is 0 Å². The van der Waals surface area contributed by atoms with E-state index in [2.05, 4.69) is 29.2 Å². The average molecular weight is 423 g/mol. The van der Waals surface area contributed by atoms with Gasteiger partial charge in [0.2, 0.25) is 10.0 Å². The molecule has 0 saturated carbocycles. The van der Waals surface area contributed by atoms with E-state index in [-0.39, 0.29) is 10.8 Å². The van der Waals surface area contributed by atoms with Crippen LogP contribution in [-0.4, -0.2) is 88.3 Å². The zero-order chi connectivity index (χ0) is 20.9. The molecule has 2 saturated heterocycles. The lowest BCUT2D eigenvalue weighted by Gasteiger charge is -2.32. The summed E-state index contributed by atoms with van der Waals surface area (Å²) in [5.41, 5.74) is 0.411. The third kappa shape index (κ3) is 6.01. The highest BCUT2D eigenvalue weighted by molar-refractivity contribution is 7.89. The minimum atomic E-state index is -3.50. The summed E-state index contributed by atoms with van der Waals surface area (Å²) in [6.45, 7) is 6.06. The van der Waals surface area contributed by atoms with Crippen LogP contribution >= 0.6 is 0 Å². The molecule has 0 aromatic heterocycles. The summed E-state index contributed by atoms with van der Waals surface area (Å²) in [7, 11) is 0.678. The topological polar surface area (TPSA) is 73.0 Å². The van der Waals surface area contributed by atoms with Crippen molar-refractivity contribution in [2.24, 2.45) is 5.92 Å². The molecule has 0 bridgehead atoms. The summed E-state index contributed by atoms with van der Waals surface area (Å²) in [6.07, 6.45) is 3.95. The molecule has 0 aliphatic carbocycles. The minimum Gasteiger partial charge on any atom is -0.352 e. The lowest BCUT2D eigenvalue weighted by atomic mass is 9.96. The number of sulfonamides is 1. The third-order valence-corrected chi connectivity index (χ3v) is 7.82. The van der Waals surface area contributed by atoms with Crippen LogP contribution < -0.4 is 5.32 Å². The fraction of sp³-hybridized carbons (Fsp3) is 0.667. The Morgan fingerprint density at radius 2 is 1.83 bits per heavy atom. The first-order valence-electron chi connectivity index (χ1n) is 10.6. The molecule has 0 radical (unpaired) electrons. The van der Waals surface area contributed by atoms with Crippen LogP contribution in [0.5, 0.6) is 0 Å². The van der Waals surface area contributed by atoms with Crippen molar-refractivity contribution in [3.63, 3.8) is 0 Å². The number of hydrogen-bond acceptors (Lipinski definition) is 5. The van der Waals surface area contributed by atoms with E-state index < -0.39 is 10.0 Å². The van der Waals surface area contributed by atoms with E-state index in [1.165, 1.54) is 10.4 Å². The number of likely N-dealkylation sites (N-methyl/N-ethyl adjacent to an activating group) is 1. The molecular formula is C21H34N4O3S. The summed E-state index contributed by atoms with van der Waals surface area (Å²) in [5.74, 6) is 0.282. The minimum absolute atomic E-state index is 0.196. The van der Waals surface area contributed by atoms with Crippen molar-refractivity contribution in [3.05, 3.63) is 29.8 Å². The van der Waals surface area contributed by atoms with Crippen LogP contribution in [0.25, 0.3) is 0 Å². The lowest BCUT2D eigenvalue weighted by molar-refractivity contribution is 0.0935. The highest BCUT2D eigenvalue weighted by Crippen LogP contribution is 2.22. The van der Waals surface area contributed by atoms with Crippen molar-refractivity contribution >= 4 is 15.9 Å². The molecule has 0 unspecified atom stereocenters. The standard InChI is InChI=1S/C21H34N4O3S/c1-23(2)14-15-24-12-8-18(9-13-24)17-22-21(26)19-6-5-7-20(16-19)29(27,28)25-10-3-4-11-25/h5-7,16,18H,3-4,8-15,17H2,1-2H3,(H,22,26). The molecule has 3 rings (SSSR count). The fourth-order valence-corrected chi connectivity index (χ4v) is 5.53. The van der Waals surface area contributed by atoms with Gasteiger partial charge in [0.05, 0.1) is 4.90 Å². The van der Waals surface area contributed by atoms with E-state index in [0.717, 1.165) is 51.9 Å². The number of hydrogen-bond donors (Lipinski definition) is 1. The van der Waals surface area contributed by atoms with Gasteiger partial charge in [-0.3, -0.25) is 4.79 Å². The van der Waals surface area contributed by atoms with Gasteiger partial charge in [-0.25, -0.2) is 8.42 Å². The maximum Gasteiger partial charge on any atom is 0.251 e. The molecule has 2 aliphatic heterocycles. The van der Waals surface area contributed by atoms with E-state index in [4.69, 9.17) is 0 Å². The first kappa shape index (κ1) is 22.2. The Morgan fingerprint density at radius 1 is 1.14 bits per heavy atom. The molecule has 162 valence electrons. The van der Waals surface area contributed by atoms with Gasteiger partial charge >= 0.3 is 0 Å². The van der Waals surface area contributed by atoms with E-state index in [1.54, 1.807) is 18.2 Å². The van der Waals surface area contributed by atoms with Gasteiger partial charge in [0.15, 0.2) is 0 Å². The smallest absolute Gasteiger partial charge is 0.251 e. The van der Waals surface area contributed by atoms with Gasteiger partial charge in [0.25, 0.3) is 5.91 Å². The predicted molar refractivity (Wildman–Crippen MR) is 114 cm³/mol. The predicted octanol–water partition coefficient (Wildman–Crippen LogP) is 1.47. The molecule has 8 heteroatoms. The van der Waals surface area contributed by atoms with E-state index in [1.807, 2.05) is 0 Å². The first-order chi connectivity index (χ1) is 13.9. The summed E-state index contributed by atoms with van der Waals surface area (Å²) in [6, 6.07) is 6.42. The number of benzene rings is 1. The fourth-order valence-electron chi connectivity index (χ4n) is 3.97. The maximum atomic E-state index is 12.7. The number of likely N-dealkylation sites (tertiary alicyclic amines) is 1. The van der Waals surface area contributed by atoms with Crippen molar-refractivity contribution in [2.45, 2.75) is 30.6 Å². The van der Waals surface area contributed by atoms with E-state index in [9.17, 15) is 13.2 Å². The van der Waals surface area contributed by atoms with Crippen molar-refractivity contribution in [2.75, 3.05) is 59.9 Å². The Morgan fingerprint density at radius 3 is 2.48 bits per heavy atom. The van der Waals surface area contributed by atoms with Gasteiger partial charge in [0.1, 0.15) is 0 Å². The number of nitrogens with zero attached hydrogens (tertiary/aromatic N) is 3. The van der Waals surface area contributed by atoms with Crippen molar-refractivity contribution in [1.29, 1.82) is 0 Å². The molecule has 2 fully saturated rings. The van der Waals surface area contributed by atoms with Gasteiger partial charge < -0.3 is 15.1 Å². The van der Waals surface area contributed by atoms with Gasteiger partial charge in [-0.15, -0.1) is 0 Å². The summed E-state index contributed by atoms with van der Waals surface area (Å²) in [4.78, 5) is 17.5. The molecule has 1 amide bonds. The Labute approximate surface area is 175 Å². The van der Waals surface area contributed by atoms with Gasteiger partial charge in [-0.2, -0.15) is 4.31 Å². The first-order valence-corrected chi connectivity index (χ1v) is 12.1. The maximum absolute atomic E-state index is 12.7. The Bertz CT molecular complexity index is 783. The SMILES string of the molecule is CN(C)CCN1CCC(CNC(=O)c2cccc(S(=O)(=O)N3CCCC3)c2)CC1. The van der Waals surface area contributed by atoms with Crippen LogP contribution in [0.4, 0.5) is 0 Å². The quantitative estimate of drug-likeness (QED) is 0.687. The Hall–Kier alpha value is -1.48. The van der Waals surface area contributed by atoms with Crippen molar-refractivity contribution in [1.82, 2.24) is 19.4 Å². The second-order valence-corrected chi connectivity index (χ2v) is 10.4. The summed E-state index contributed by atoms with van der Waals surface area (Å²) < 4.78 is 27.0. The van der Waals surface area contributed by atoms with Crippen LogP contribution in [0, 0.1) is 5.92 Å². The van der Waals surface area contributed by atoms with Gasteiger partial charge in [-0.05, 0) is 77.0 Å².